The van der Waals surface area contributed by atoms with Crippen molar-refractivity contribution in [3.63, 3.8) is 0 Å². The molecule has 0 unspecified atom stereocenters. The Morgan fingerprint density at radius 3 is 2.44 bits per heavy atom. The molecule has 1 aliphatic heterocycles. The van der Waals surface area contributed by atoms with Gasteiger partial charge in [0, 0.05) is 47.9 Å². The Morgan fingerprint density at radius 1 is 1.00 bits per heavy atom. The van der Waals surface area contributed by atoms with Crippen LogP contribution in [0.4, 0.5) is 11.4 Å². The summed E-state index contributed by atoms with van der Waals surface area (Å²) in [5, 5.41) is 3.47. The molecule has 5 heteroatoms. The van der Waals surface area contributed by atoms with E-state index in [9.17, 15) is 9.59 Å². The number of ketones is 1. The summed E-state index contributed by atoms with van der Waals surface area (Å²) in [6.45, 7) is 2.12. The fourth-order valence-corrected chi connectivity index (χ4v) is 3.11. The third kappa shape index (κ3) is 4.83. The molecule has 0 radical (unpaired) electrons. The van der Waals surface area contributed by atoms with Crippen LogP contribution in [0.15, 0.2) is 48.5 Å². The highest BCUT2D eigenvalue weighted by molar-refractivity contribution is 6.30. The van der Waals surface area contributed by atoms with Gasteiger partial charge in [-0.1, -0.05) is 17.7 Å². The van der Waals surface area contributed by atoms with E-state index in [1.54, 1.807) is 24.3 Å². The topological polar surface area (TPSA) is 49.4 Å². The summed E-state index contributed by atoms with van der Waals surface area (Å²) in [6.07, 6.45) is 2.77. The van der Waals surface area contributed by atoms with E-state index < -0.39 is 0 Å². The maximum Gasteiger partial charge on any atom is 0.224 e. The summed E-state index contributed by atoms with van der Waals surface area (Å²) in [4.78, 5) is 26.6. The van der Waals surface area contributed by atoms with Crippen LogP contribution in [0.2, 0.25) is 5.02 Å². The summed E-state index contributed by atoms with van der Waals surface area (Å²) in [7, 11) is 0. The van der Waals surface area contributed by atoms with Crippen molar-refractivity contribution in [2.24, 2.45) is 0 Å². The average Bonchev–Trinajstić information content (AvgIpc) is 3.15. The molecule has 3 rings (SSSR count). The van der Waals surface area contributed by atoms with Crippen molar-refractivity contribution >= 4 is 34.7 Å². The van der Waals surface area contributed by atoms with Gasteiger partial charge in [-0.25, -0.2) is 0 Å². The van der Waals surface area contributed by atoms with Crippen molar-refractivity contribution in [2.45, 2.75) is 25.7 Å². The molecule has 0 atom stereocenters. The van der Waals surface area contributed by atoms with Gasteiger partial charge in [0.25, 0.3) is 0 Å². The number of halogens is 1. The highest BCUT2D eigenvalue weighted by Crippen LogP contribution is 2.23. The number of hydrogen-bond donors (Lipinski definition) is 1. The van der Waals surface area contributed by atoms with E-state index in [-0.39, 0.29) is 24.5 Å². The third-order valence-electron chi connectivity index (χ3n) is 4.35. The first-order valence-electron chi connectivity index (χ1n) is 8.55. The number of carbonyl (C=O) groups excluding carboxylic acids is 2. The van der Waals surface area contributed by atoms with Crippen molar-refractivity contribution in [1.29, 1.82) is 0 Å². The fraction of sp³-hybridized carbons (Fsp3) is 0.300. The van der Waals surface area contributed by atoms with Gasteiger partial charge in [0.1, 0.15) is 0 Å². The lowest BCUT2D eigenvalue weighted by molar-refractivity contribution is -0.116. The van der Waals surface area contributed by atoms with Gasteiger partial charge in [0.15, 0.2) is 5.78 Å². The highest BCUT2D eigenvalue weighted by atomic mass is 35.5. The molecule has 1 amide bonds. The maximum atomic E-state index is 12.1. The zero-order valence-corrected chi connectivity index (χ0v) is 14.8. The highest BCUT2D eigenvalue weighted by Gasteiger charge is 2.13. The van der Waals surface area contributed by atoms with Gasteiger partial charge in [-0.15, -0.1) is 0 Å². The minimum Gasteiger partial charge on any atom is -0.371 e. The summed E-state index contributed by atoms with van der Waals surface area (Å²) in [6, 6.07) is 14.6. The van der Waals surface area contributed by atoms with Gasteiger partial charge in [0.2, 0.25) is 5.91 Å². The molecule has 1 aliphatic rings. The lowest BCUT2D eigenvalue weighted by Gasteiger charge is -2.18. The van der Waals surface area contributed by atoms with E-state index in [1.165, 1.54) is 12.8 Å². The molecule has 4 nitrogen and oxygen atoms in total. The molecule has 1 N–H and O–H groups in total. The Balaban J connectivity index is 1.53. The third-order valence-corrected chi connectivity index (χ3v) is 4.60. The van der Waals surface area contributed by atoms with Crippen LogP contribution >= 0.6 is 11.6 Å². The number of amides is 1. The monoisotopic (exact) mass is 356 g/mol. The standard InChI is InChI=1S/C20H21ClN2O2/c21-16-8-6-15(7-9-16)19(24)10-11-20(25)22-17-4-3-5-18(14-17)23-12-1-2-13-23/h3-9,14H,1-2,10-13H2,(H,22,25). The molecule has 0 aromatic heterocycles. The first-order chi connectivity index (χ1) is 12.1. The van der Waals surface area contributed by atoms with Crippen molar-refractivity contribution in [2.75, 3.05) is 23.3 Å². The zero-order chi connectivity index (χ0) is 17.6. The summed E-state index contributed by atoms with van der Waals surface area (Å²) < 4.78 is 0. The maximum absolute atomic E-state index is 12.1. The Morgan fingerprint density at radius 2 is 1.72 bits per heavy atom. The molecule has 0 bridgehead atoms. The second-order valence-electron chi connectivity index (χ2n) is 6.22. The number of rotatable bonds is 6. The van der Waals surface area contributed by atoms with E-state index >= 15 is 0 Å². The second-order valence-corrected chi connectivity index (χ2v) is 6.66. The van der Waals surface area contributed by atoms with E-state index in [0.717, 1.165) is 24.5 Å². The number of nitrogens with one attached hydrogen (secondary N) is 1. The number of nitrogens with zero attached hydrogens (tertiary/aromatic N) is 1. The zero-order valence-electron chi connectivity index (χ0n) is 14.0. The Labute approximate surface area is 152 Å². The molecule has 1 heterocycles. The van der Waals surface area contributed by atoms with Gasteiger partial charge < -0.3 is 10.2 Å². The van der Waals surface area contributed by atoms with Crippen LogP contribution < -0.4 is 10.2 Å². The van der Waals surface area contributed by atoms with Crippen LogP contribution in [0.3, 0.4) is 0 Å². The lowest BCUT2D eigenvalue weighted by Crippen LogP contribution is -2.18. The summed E-state index contributed by atoms with van der Waals surface area (Å²) >= 11 is 5.82. The molecule has 2 aromatic carbocycles. The van der Waals surface area contributed by atoms with Crippen molar-refractivity contribution in [1.82, 2.24) is 0 Å². The number of benzene rings is 2. The quantitative estimate of drug-likeness (QED) is 0.773. The van der Waals surface area contributed by atoms with Gasteiger partial charge in [-0.3, -0.25) is 9.59 Å². The lowest BCUT2D eigenvalue weighted by atomic mass is 10.1. The molecule has 2 aromatic rings. The number of carbonyl (C=O) groups is 2. The van der Waals surface area contributed by atoms with Crippen LogP contribution in [0, 0.1) is 0 Å². The first-order valence-corrected chi connectivity index (χ1v) is 8.93. The number of anilines is 2. The first kappa shape index (κ1) is 17.5. The van der Waals surface area contributed by atoms with Crippen LogP contribution in [0.1, 0.15) is 36.0 Å². The molecule has 0 spiro atoms. The minimum atomic E-state index is -0.152. The van der Waals surface area contributed by atoms with Crippen LogP contribution in [-0.4, -0.2) is 24.8 Å². The molecule has 25 heavy (non-hydrogen) atoms. The Kier molecular flexibility index (Phi) is 5.71. The molecule has 1 fully saturated rings. The molecular weight excluding hydrogens is 336 g/mol. The van der Waals surface area contributed by atoms with Crippen molar-refractivity contribution in [3.8, 4) is 0 Å². The largest absolute Gasteiger partial charge is 0.371 e. The Bertz CT molecular complexity index is 753. The van der Waals surface area contributed by atoms with E-state index in [0.29, 0.717) is 10.6 Å². The van der Waals surface area contributed by atoms with Crippen molar-refractivity contribution in [3.05, 3.63) is 59.1 Å². The minimum absolute atomic E-state index is 0.0577. The fourth-order valence-electron chi connectivity index (χ4n) is 2.99. The molecule has 1 saturated heterocycles. The molecule has 0 saturated carbocycles. The van der Waals surface area contributed by atoms with Gasteiger partial charge >= 0.3 is 0 Å². The van der Waals surface area contributed by atoms with Gasteiger partial charge in [-0.05, 0) is 55.3 Å². The SMILES string of the molecule is O=C(CCC(=O)c1ccc(Cl)cc1)Nc1cccc(N2CCCC2)c1. The average molecular weight is 357 g/mol. The second kappa shape index (κ2) is 8.17. The predicted molar refractivity (Wildman–Crippen MR) is 102 cm³/mol. The summed E-state index contributed by atoms with van der Waals surface area (Å²) in [5.74, 6) is -0.210. The van der Waals surface area contributed by atoms with Crippen LogP contribution in [0.25, 0.3) is 0 Å². The smallest absolute Gasteiger partial charge is 0.224 e. The molecule has 130 valence electrons. The number of Topliss-reactive ketones (excluding diaryl/α,β-unsaturated/α-hetero) is 1. The summed E-state index contributed by atoms with van der Waals surface area (Å²) in [5.41, 5.74) is 2.48. The normalized spacial score (nSPS) is 13.7. The van der Waals surface area contributed by atoms with E-state index in [2.05, 4.69) is 16.3 Å². The van der Waals surface area contributed by atoms with E-state index in [1.807, 2.05) is 18.2 Å². The molecule has 0 aliphatic carbocycles. The van der Waals surface area contributed by atoms with Crippen LogP contribution in [0.5, 0.6) is 0 Å². The van der Waals surface area contributed by atoms with Crippen LogP contribution in [-0.2, 0) is 4.79 Å². The van der Waals surface area contributed by atoms with Crippen molar-refractivity contribution < 1.29 is 9.59 Å². The predicted octanol–water partition coefficient (Wildman–Crippen LogP) is 4.54. The van der Waals surface area contributed by atoms with Gasteiger partial charge in [-0.2, -0.15) is 0 Å². The number of hydrogen-bond acceptors (Lipinski definition) is 3. The Hall–Kier alpha value is -2.33. The van der Waals surface area contributed by atoms with Gasteiger partial charge in [0.05, 0.1) is 0 Å². The molecular formula is C20H21ClN2O2. The van der Waals surface area contributed by atoms with E-state index in [4.69, 9.17) is 11.6 Å².